The van der Waals surface area contributed by atoms with Gasteiger partial charge in [0.1, 0.15) is 12.4 Å². The molecule has 0 aliphatic carbocycles. The summed E-state index contributed by atoms with van der Waals surface area (Å²) in [7, 11) is 0. The Morgan fingerprint density at radius 3 is 2.47 bits per heavy atom. The molecule has 166 valence electrons. The van der Waals surface area contributed by atoms with Crippen LogP contribution in [-0.2, 0) is 13.2 Å². The van der Waals surface area contributed by atoms with Crippen LogP contribution in [0.1, 0.15) is 28.4 Å². The van der Waals surface area contributed by atoms with E-state index in [1.54, 1.807) is 24.5 Å². The predicted molar refractivity (Wildman–Crippen MR) is 127 cm³/mol. The van der Waals surface area contributed by atoms with E-state index in [1.165, 1.54) is 5.56 Å². The summed E-state index contributed by atoms with van der Waals surface area (Å²) in [5.74, 6) is 0.500. The third kappa shape index (κ3) is 6.15. The molecule has 2 aromatic carbocycles. The van der Waals surface area contributed by atoms with E-state index in [9.17, 15) is 4.79 Å². The minimum absolute atomic E-state index is 0.153. The number of hydrogen-bond donors (Lipinski definition) is 1. The zero-order valence-corrected chi connectivity index (χ0v) is 18.5. The van der Waals surface area contributed by atoms with E-state index in [0.717, 1.165) is 50.5 Å². The van der Waals surface area contributed by atoms with Gasteiger partial charge in [0.2, 0.25) is 0 Å². The van der Waals surface area contributed by atoms with Crippen LogP contribution in [0.4, 0.5) is 5.69 Å². The quantitative estimate of drug-likeness (QED) is 0.584. The van der Waals surface area contributed by atoms with Gasteiger partial charge in [-0.05, 0) is 48.5 Å². The van der Waals surface area contributed by atoms with Crippen LogP contribution >= 0.6 is 0 Å². The molecule has 1 aromatic heterocycles. The lowest BCUT2D eigenvalue weighted by Crippen LogP contribution is -2.45. The first kappa shape index (κ1) is 22.0. The molecule has 0 spiro atoms. The number of hydrogen-bond acceptors (Lipinski definition) is 5. The van der Waals surface area contributed by atoms with Crippen LogP contribution in [0.25, 0.3) is 0 Å². The van der Waals surface area contributed by atoms with Gasteiger partial charge in [-0.15, -0.1) is 0 Å². The second-order valence-corrected chi connectivity index (χ2v) is 8.04. The van der Waals surface area contributed by atoms with Crippen molar-refractivity contribution in [1.82, 2.24) is 14.8 Å². The monoisotopic (exact) mass is 430 g/mol. The Bertz CT molecular complexity index is 1000. The molecule has 3 aromatic rings. The standard InChI is InChI=1S/C26H30N4O2/c1-2-29-13-15-30(16-14-29)19-21-8-10-24(11-9-21)28-26(31)23-6-3-7-25(17-23)32-20-22-5-4-12-27-18-22/h3-12,17-18H,2,13-16,19-20H2,1H3,(H,28,31). The molecule has 1 N–H and O–H groups in total. The Balaban J connectivity index is 1.30. The lowest BCUT2D eigenvalue weighted by atomic mass is 10.1. The highest BCUT2D eigenvalue weighted by Crippen LogP contribution is 2.18. The van der Waals surface area contributed by atoms with Gasteiger partial charge in [0.05, 0.1) is 0 Å². The molecule has 0 saturated carbocycles. The summed E-state index contributed by atoms with van der Waals surface area (Å²) in [4.78, 5) is 21.8. The van der Waals surface area contributed by atoms with Gasteiger partial charge < -0.3 is 15.0 Å². The Morgan fingerprint density at radius 2 is 1.75 bits per heavy atom. The van der Waals surface area contributed by atoms with Crippen molar-refractivity contribution >= 4 is 11.6 Å². The van der Waals surface area contributed by atoms with Gasteiger partial charge in [0.15, 0.2) is 0 Å². The van der Waals surface area contributed by atoms with Gasteiger partial charge >= 0.3 is 0 Å². The number of amides is 1. The number of nitrogens with one attached hydrogen (secondary N) is 1. The SMILES string of the molecule is CCN1CCN(Cc2ccc(NC(=O)c3cccc(OCc4cccnc4)c3)cc2)CC1. The Kier molecular flexibility index (Phi) is 7.48. The third-order valence-electron chi connectivity index (χ3n) is 5.75. The molecular formula is C26H30N4O2. The van der Waals surface area contributed by atoms with E-state index in [0.29, 0.717) is 17.9 Å². The number of likely N-dealkylation sites (N-methyl/N-ethyl adjacent to an activating group) is 1. The number of rotatable bonds is 8. The Morgan fingerprint density at radius 1 is 0.969 bits per heavy atom. The second kappa shape index (κ2) is 10.9. The topological polar surface area (TPSA) is 57.7 Å². The Hall–Kier alpha value is -3.22. The molecule has 32 heavy (non-hydrogen) atoms. The highest BCUT2D eigenvalue weighted by Gasteiger charge is 2.15. The fraction of sp³-hybridized carbons (Fsp3) is 0.308. The minimum Gasteiger partial charge on any atom is -0.489 e. The summed E-state index contributed by atoms with van der Waals surface area (Å²) >= 11 is 0. The van der Waals surface area contributed by atoms with E-state index in [2.05, 4.69) is 39.2 Å². The van der Waals surface area contributed by atoms with Gasteiger partial charge in [-0.2, -0.15) is 0 Å². The van der Waals surface area contributed by atoms with Crippen LogP contribution in [0.2, 0.25) is 0 Å². The molecule has 0 bridgehead atoms. The fourth-order valence-electron chi connectivity index (χ4n) is 3.80. The molecule has 1 fully saturated rings. The van der Waals surface area contributed by atoms with E-state index >= 15 is 0 Å². The molecule has 6 heteroatoms. The van der Waals surface area contributed by atoms with Crippen molar-refractivity contribution in [3.63, 3.8) is 0 Å². The summed E-state index contributed by atoms with van der Waals surface area (Å²) in [6.45, 7) is 9.18. The molecule has 0 radical (unpaired) electrons. The van der Waals surface area contributed by atoms with Crippen LogP contribution < -0.4 is 10.1 Å². The van der Waals surface area contributed by atoms with Gasteiger partial charge in [-0.25, -0.2) is 0 Å². The largest absolute Gasteiger partial charge is 0.489 e. The van der Waals surface area contributed by atoms with Gasteiger partial charge in [-0.3, -0.25) is 14.7 Å². The maximum Gasteiger partial charge on any atom is 0.255 e. The number of aromatic nitrogens is 1. The summed E-state index contributed by atoms with van der Waals surface area (Å²) in [6.07, 6.45) is 3.50. The number of ether oxygens (including phenoxy) is 1. The van der Waals surface area contributed by atoms with E-state index in [4.69, 9.17) is 4.74 Å². The molecule has 6 nitrogen and oxygen atoms in total. The lowest BCUT2D eigenvalue weighted by Gasteiger charge is -2.34. The number of pyridine rings is 1. The van der Waals surface area contributed by atoms with Crippen molar-refractivity contribution in [2.24, 2.45) is 0 Å². The highest BCUT2D eigenvalue weighted by atomic mass is 16.5. The fourth-order valence-corrected chi connectivity index (χ4v) is 3.80. The summed E-state index contributed by atoms with van der Waals surface area (Å²) in [6, 6.07) is 19.2. The van der Waals surface area contributed by atoms with Gasteiger partial charge in [-0.1, -0.05) is 31.2 Å². The number of carbonyl (C=O) groups is 1. The average Bonchev–Trinajstić information content (AvgIpc) is 2.85. The lowest BCUT2D eigenvalue weighted by molar-refractivity contribution is 0.102. The first-order chi connectivity index (χ1) is 15.7. The minimum atomic E-state index is -0.153. The summed E-state index contributed by atoms with van der Waals surface area (Å²) in [5.41, 5.74) is 3.59. The van der Waals surface area contributed by atoms with Crippen LogP contribution in [-0.4, -0.2) is 53.4 Å². The molecule has 1 aliphatic rings. The molecule has 0 unspecified atom stereocenters. The first-order valence-corrected chi connectivity index (χ1v) is 11.2. The smallest absolute Gasteiger partial charge is 0.255 e. The van der Waals surface area contributed by atoms with Crippen LogP contribution in [0.15, 0.2) is 73.1 Å². The van der Waals surface area contributed by atoms with Gasteiger partial charge in [0, 0.05) is 61.9 Å². The number of benzene rings is 2. The van der Waals surface area contributed by atoms with E-state index < -0.39 is 0 Å². The number of anilines is 1. The highest BCUT2D eigenvalue weighted by molar-refractivity contribution is 6.04. The molecule has 1 aliphatic heterocycles. The maximum atomic E-state index is 12.7. The molecule has 2 heterocycles. The molecule has 1 saturated heterocycles. The van der Waals surface area contributed by atoms with Gasteiger partial charge in [0.25, 0.3) is 5.91 Å². The number of piperazine rings is 1. The van der Waals surface area contributed by atoms with Crippen molar-refractivity contribution in [2.75, 3.05) is 38.0 Å². The summed E-state index contributed by atoms with van der Waals surface area (Å²) in [5, 5.41) is 2.98. The van der Waals surface area contributed by atoms with Crippen molar-refractivity contribution in [3.8, 4) is 5.75 Å². The maximum absolute atomic E-state index is 12.7. The average molecular weight is 431 g/mol. The zero-order valence-electron chi connectivity index (χ0n) is 18.5. The number of nitrogens with zero attached hydrogens (tertiary/aromatic N) is 3. The summed E-state index contributed by atoms with van der Waals surface area (Å²) < 4.78 is 5.81. The normalized spacial score (nSPS) is 14.8. The molecule has 1 amide bonds. The van der Waals surface area contributed by atoms with Crippen molar-refractivity contribution in [1.29, 1.82) is 0 Å². The van der Waals surface area contributed by atoms with E-state index in [-0.39, 0.29) is 5.91 Å². The molecule has 0 atom stereocenters. The Labute approximate surface area is 189 Å². The predicted octanol–water partition coefficient (Wildman–Crippen LogP) is 4.05. The number of carbonyl (C=O) groups excluding carboxylic acids is 1. The van der Waals surface area contributed by atoms with Crippen molar-refractivity contribution < 1.29 is 9.53 Å². The second-order valence-electron chi connectivity index (χ2n) is 8.04. The van der Waals surface area contributed by atoms with Crippen molar-refractivity contribution in [3.05, 3.63) is 89.7 Å². The zero-order chi connectivity index (χ0) is 22.2. The van der Waals surface area contributed by atoms with Crippen LogP contribution in [0, 0.1) is 0 Å². The van der Waals surface area contributed by atoms with E-state index in [1.807, 2.05) is 36.4 Å². The van der Waals surface area contributed by atoms with Crippen molar-refractivity contribution in [2.45, 2.75) is 20.1 Å². The third-order valence-corrected chi connectivity index (χ3v) is 5.75. The molecular weight excluding hydrogens is 400 g/mol. The molecule has 4 rings (SSSR count). The first-order valence-electron chi connectivity index (χ1n) is 11.2. The van der Waals surface area contributed by atoms with Crippen LogP contribution in [0.3, 0.4) is 0 Å². The van der Waals surface area contributed by atoms with Crippen LogP contribution in [0.5, 0.6) is 5.75 Å².